The van der Waals surface area contributed by atoms with Crippen molar-refractivity contribution in [2.24, 2.45) is 0 Å². The number of nitrogens with one attached hydrogen (secondary N) is 1. The molecule has 0 radical (unpaired) electrons. The fourth-order valence-electron chi connectivity index (χ4n) is 2.33. The van der Waals surface area contributed by atoms with E-state index in [0.717, 1.165) is 22.1 Å². The van der Waals surface area contributed by atoms with Gasteiger partial charge in [0.05, 0.1) is 13.7 Å². The van der Waals surface area contributed by atoms with Crippen molar-refractivity contribution in [2.75, 3.05) is 20.3 Å². The normalized spacial score (nSPS) is 11.9. The number of aliphatic hydroxyl groups excluding tert-OH is 1. The first-order valence-electron chi connectivity index (χ1n) is 6.77. The van der Waals surface area contributed by atoms with Crippen molar-refractivity contribution in [2.45, 2.75) is 5.92 Å². The number of amides is 1. The second kappa shape index (κ2) is 6.90. The standard InChI is InChI=1S/C17H19NO3/c1-3-17(20)18-10-13(11-19)15-6-4-5-12-7-8-14(21-2)9-16(12)15/h3-9,13,19H,1,10-11H2,2H3,(H,18,20). The van der Waals surface area contributed by atoms with Crippen LogP contribution in [0.2, 0.25) is 0 Å². The van der Waals surface area contributed by atoms with E-state index in [0.29, 0.717) is 6.54 Å². The van der Waals surface area contributed by atoms with Gasteiger partial charge < -0.3 is 15.2 Å². The molecule has 110 valence electrons. The van der Waals surface area contributed by atoms with E-state index in [-0.39, 0.29) is 18.4 Å². The Bertz CT molecular complexity index is 652. The molecule has 0 fully saturated rings. The van der Waals surface area contributed by atoms with Crippen LogP contribution in [0.1, 0.15) is 11.5 Å². The zero-order valence-electron chi connectivity index (χ0n) is 12.0. The average Bonchev–Trinajstić information content (AvgIpc) is 2.54. The van der Waals surface area contributed by atoms with E-state index in [1.54, 1.807) is 7.11 Å². The number of hydrogen-bond acceptors (Lipinski definition) is 3. The number of benzene rings is 2. The highest BCUT2D eigenvalue weighted by Crippen LogP contribution is 2.28. The minimum absolute atomic E-state index is 0.0479. The monoisotopic (exact) mass is 285 g/mol. The van der Waals surface area contributed by atoms with E-state index in [2.05, 4.69) is 11.9 Å². The first-order valence-corrected chi connectivity index (χ1v) is 6.77. The summed E-state index contributed by atoms with van der Waals surface area (Å²) in [4.78, 5) is 11.3. The van der Waals surface area contributed by atoms with E-state index < -0.39 is 0 Å². The maximum Gasteiger partial charge on any atom is 0.243 e. The number of carbonyl (C=O) groups excluding carboxylic acids is 1. The molecule has 0 saturated carbocycles. The van der Waals surface area contributed by atoms with Crippen molar-refractivity contribution >= 4 is 16.7 Å². The second-order valence-electron chi connectivity index (χ2n) is 4.76. The van der Waals surface area contributed by atoms with Gasteiger partial charge in [0.15, 0.2) is 0 Å². The number of hydrogen-bond donors (Lipinski definition) is 2. The van der Waals surface area contributed by atoms with Crippen LogP contribution in [0.15, 0.2) is 49.1 Å². The topological polar surface area (TPSA) is 58.6 Å². The molecule has 0 aromatic heterocycles. The van der Waals surface area contributed by atoms with Crippen molar-refractivity contribution < 1.29 is 14.6 Å². The number of fused-ring (bicyclic) bond motifs is 1. The Kier molecular flexibility index (Phi) is 4.95. The third kappa shape index (κ3) is 3.41. The molecule has 1 amide bonds. The van der Waals surface area contributed by atoms with Gasteiger partial charge >= 0.3 is 0 Å². The molecule has 2 aromatic carbocycles. The molecule has 0 aliphatic carbocycles. The Morgan fingerprint density at radius 1 is 1.43 bits per heavy atom. The van der Waals surface area contributed by atoms with Crippen molar-refractivity contribution in [1.82, 2.24) is 5.32 Å². The van der Waals surface area contributed by atoms with E-state index in [4.69, 9.17) is 4.74 Å². The molecule has 0 aliphatic heterocycles. The van der Waals surface area contributed by atoms with E-state index in [9.17, 15) is 9.90 Å². The fraction of sp³-hybridized carbons (Fsp3) is 0.235. The lowest BCUT2D eigenvalue weighted by Gasteiger charge is -2.17. The van der Waals surface area contributed by atoms with Crippen LogP contribution in [-0.4, -0.2) is 31.3 Å². The van der Waals surface area contributed by atoms with Crippen LogP contribution in [0.5, 0.6) is 5.75 Å². The van der Waals surface area contributed by atoms with Gasteiger partial charge in [0.25, 0.3) is 0 Å². The Hall–Kier alpha value is -2.33. The van der Waals surface area contributed by atoms with E-state index in [1.165, 1.54) is 6.08 Å². The predicted molar refractivity (Wildman–Crippen MR) is 83.5 cm³/mol. The predicted octanol–water partition coefficient (Wildman–Crippen LogP) is 2.23. The molecular weight excluding hydrogens is 266 g/mol. The van der Waals surface area contributed by atoms with E-state index in [1.807, 2.05) is 36.4 Å². The molecule has 2 aromatic rings. The first kappa shape index (κ1) is 15.1. The van der Waals surface area contributed by atoms with Gasteiger partial charge in [-0.25, -0.2) is 0 Å². The summed E-state index contributed by atoms with van der Waals surface area (Å²) >= 11 is 0. The van der Waals surface area contributed by atoms with Crippen molar-refractivity contribution in [3.8, 4) is 5.75 Å². The van der Waals surface area contributed by atoms with Gasteiger partial charge in [0.2, 0.25) is 5.91 Å². The Morgan fingerprint density at radius 2 is 2.24 bits per heavy atom. The quantitative estimate of drug-likeness (QED) is 0.800. The molecule has 1 atom stereocenters. The van der Waals surface area contributed by atoms with Crippen LogP contribution >= 0.6 is 0 Å². The lowest BCUT2D eigenvalue weighted by Crippen LogP contribution is -2.28. The molecule has 0 spiro atoms. The molecule has 0 saturated heterocycles. The zero-order chi connectivity index (χ0) is 15.2. The lowest BCUT2D eigenvalue weighted by molar-refractivity contribution is -0.116. The molecule has 21 heavy (non-hydrogen) atoms. The lowest BCUT2D eigenvalue weighted by atomic mass is 9.93. The molecule has 4 nitrogen and oxygen atoms in total. The van der Waals surface area contributed by atoms with Crippen LogP contribution in [0.4, 0.5) is 0 Å². The van der Waals surface area contributed by atoms with Gasteiger partial charge in [0, 0.05) is 12.5 Å². The number of carbonyl (C=O) groups is 1. The average molecular weight is 285 g/mol. The summed E-state index contributed by atoms with van der Waals surface area (Å²) in [6.07, 6.45) is 1.22. The van der Waals surface area contributed by atoms with Crippen LogP contribution in [0, 0.1) is 0 Å². The Balaban J connectivity index is 2.37. The maximum atomic E-state index is 11.3. The molecule has 2 rings (SSSR count). The summed E-state index contributed by atoms with van der Waals surface area (Å²) in [7, 11) is 1.62. The van der Waals surface area contributed by atoms with Crippen molar-refractivity contribution in [3.63, 3.8) is 0 Å². The highest BCUT2D eigenvalue weighted by atomic mass is 16.5. The molecular formula is C17H19NO3. The third-order valence-corrected chi connectivity index (χ3v) is 3.49. The summed E-state index contributed by atoms with van der Waals surface area (Å²) in [6, 6.07) is 11.7. The van der Waals surface area contributed by atoms with Crippen molar-refractivity contribution in [1.29, 1.82) is 0 Å². The minimum Gasteiger partial charge on any atom is -0.497 e. The van der Waals surface area contributed by atoms with Crippen LogP contribution in [0.25, 0.3) is 10.8 Å². The number of methoxy groups -OCH3 is 1. The largest absolute Gasteiger partial charge is 0.497 e. The van der Waals surface area contributed by atoms with Crippen LogP contribution in [-0.2, 0) is 4.79 Å². The number of aliphatic hydroxyl groups is 1. The molecule has 0 heterocycles. The van der Waals surface area contributed by atoms with Gasteiger partial charge in [0.1, 0.15) is 5.75 Å². The maximum absolute atomic E-state index is 11.3. The summed E-state index contributed by atoms with van der Waals surface area (Å²) in [5.74, 6) is 0.345. The molecule has 0 bridgehead atoms. The van der Waals surface area contributed by atoms with Gasteiger partial charge in [-0.15, -0.1) is 0 Å². The summed E-state index contributed by atoms with van der Waals surface area (Å²) in [5.41, 5.74) is 0.985. The third-order valence-electron chi connectivity index (χ3n) is 3.49. The smallest absolute Gasteiger partial charge is 0.243 e. The van der Waals surface area contributed by atoms with Gasteiger partial charge in [-0.2, -0.15) is 0 Å². The molecule has 1 unspecified atom stereocenters. The molecule has 0 aliphatic rings. The number of rotatable bonds is 6. The van der Waals surface area contributed by atoms with Gasteiger partial charge in [-0.05, 0) is 34.5 Å². The van der Waals surface area contributed by atoms with Crippen LogP contribution in [0.3, 0.4) is 0 Å². The van der Waals surface area contributed by atoms with Gasteiger partial charge in [-0.1, -0.05) is 30.8 Å². The summed E-state index contributed by atoms with van der Waals surface area (Å²) in [5, 5.41) is 14.5. The summed E-state index contributed by atoms with van der Waals surface area (Å²) < 4.78 is 5.26. The highest BCUT2D eigenvalue weighted by molar-refractivity contribution is 5.88. The Labute approximate surface area is 124 Å². The second-order valence-corrected chi connectivity index (χ2v) is 4.76. The Morgan fingerprint density at radius 3 is 2.90 bits per heavy atom. The van der Waals surface area contributed by atoms with E-state index >= 15 is 0 Å². The molecule has 2 N–H and O–H groups in total. The fourth-order valence-corrected chi connectivity index (χ4v) is 2.33. The SMILES string of the molecule is C=CC(=O)NCC(CO)c1cccc2ccc(OC)cc12. The minimum atomic E-state index is -0.244. The molecule has 4 heteroatoms. The van der Waals surface area contributed by atoms with Crippen molar-refractivity contribution in [3.05, 3.63) is 54.6 Å². The highest BCUT2D eigenvalue weighted by Gasteiger charge is 2.14. The zero-order valence-corrected chi connectivity index (χ0v) is 12.0. The van der Waals surface area contributed by atoms with Gasteiger partial charge in [-0.3, -0.25) is 4.79 Å². The first-order chi connectivity index (χ1) is 10.2. The van der Waals surface area contributed by atoms with Crippen LogP contribution < -0.4 is 10.1 Å². The summed E-state index contributed by atoms with van der Waals surface area (Å²) in [6.45, 7) is 3.73. The number of ether oxygens (including phenoxy) is 1.